The summed E-state index contributed by atoms with van der Waals surface area (Å²) in [6, 6.07) is 1.92. The lowest BCUT2D eigenvalue weighted by atomic mass is 9.87. The van der Waals surface area contributed by atoms with Crippen molar-refractivity contribution in [2.45, 2.75) is 56.6 Å². The Balaban J connectivity index is 1.65. The Kier molecular flexibility index (Phi) is 5.02. The summed E-state index contributed by atoms with van der Waals surface area (Å²) in [5.41, 5.74) is 1.12. The molecule has 0 bridgehead atoms. The maximum Gasteiger partial charge on any atom is 0.242 e. The maximum absolute atomic E-state index is 12.6. The van der Waals surface area contributed by atoms with Crippen molar-refractivity contribution in [3.8, 4) is 0 Å². The van der Waals surface area contributed by atoms with Gasteiger partial charge in [-0.15, -0.1) is 0 Å². The molecule has 1 aromatic rings. The molecule has 0 aromatic carbocycles. The van der Waals surface area contributed by atoms with E-state index in [2.05, 4.69) is 21.4 Å². The van der Waals surface area contributed by atoms with Crippen molar-refractivity contribution in [3.63, 3.8) is 0 Å². The summed E-state index contributed by atoms with van der Waals surface area (Å²) in [4.78, 5) is 14.6. The molecule has 1 saturated carbocycles. The van der Waals surface area contributed by atoms with Crippen LogP contribution < -0.4 is 5.32 Å². The SMILES string of the molecule is CO[C@H]1C[C@@H](C(=O)Nc2cc(C3CCCCC3)nn2C)N(C)C1. The van der Waals surface area contributed by atoms with Crippen molar-refractivity contribution in [1.82, 2.24) is 14.7 Å². The number of carbonyl (C=O) groups excluding carboxylic acids is 1. The van der Waals surface area contributed by atoms with Gasteiger partial charge in [0.1, 0.15) is 5.82 Å². The molecule has 128 valence electrons. The Morgan fingerprint density at radius 2 is 2.04 bits per heavy atom. The Morgan fingerprint density at radius 3 is 2.70 bits per heavy atom. The highest BCUT2D eigenvalue weighted by molar-refractivity contribution is 5.94. The molecule has 1 aliphatic carbocycles. The summed E-state index contributed by atoms with van der Waals surface area (Å²) in [6.45, 7) is 0.799. The normalized spacial score (nSPS) is 26.6. The molecule has 2 atom stereocenters. The molecule has 1 amide bonds. The van der Waals surface area contributed by atoms with E-state index >= 15 is 0 Å². The van der Waals surface area contributed by atoms with E-state index in [0.29, 0.717) is 5.92 Å². The van der Waals surface area contributed by atoms with E-state index in [1.165, 1.54) is 32.1 Å². The van der Waals surface area contributed by atoms with Gasteiger partial charge in [-0.2, -0.15) is 5.10 Å². The molecule has 0 unspecified atom stereocenters. The molecule has 1 aromatic heterocycles. The molecule has 2 heterocycles. The lowest BCUT2D eigenvalue weighted by molar-refractivity contribution is -0.120. The van der Waals surface area contributed by atoms with E-state index < -0.39 is 0 Å². The van der Waals surface area contributed by atoms with Crippen LogP contribution in [0.2, 0.25) is 0 Å². The molecule has 2 fully saturated rings. The first kappa shape index (κ1) is 16.5. The van der Waals surface area contributed by atoms with Gasteiger partial charge in [-0.05, 0) is 26.3 Å². The van der Waals surface area contributed by atoms with Gasteiger partial charge in [0.25, 0.3) is 0 Å². The Morgan fingerprint density at radius 1 is 1.30 bits per heavy atom. The Hall–Kier alpha value is -1.40. The van der Waals surface area contributed by atoms with Gasteiger partial charge in [-0.25, -0.2) is 0 Å². The molecule has 1 saturated heterocycles. The first-order valence-corrected chi connectivity index (χ1v) is 8.66. The van der Waals surface area contributed by atoms with Gasteiger partial charge in [0, 0.05) is 32.7 Å². The van der Waals surface area contributed by atoms with Crippen LogP contribution in [0.25, 0.3) is 0 Å². The van der Waals surface area contributed by atoms with Gasteiger partial charge < -0.3 is 10.1 Å². The summed E-state index contributed by atoms with van der Waals surface area (Å²) in [6.07, 6.45) is 7.22. The second-order valence-electron chi connectivity index (χ2n) is 6.95. The average Bonchev–Trinajstić information content (AvgIpc) is 3.11. The van der Waals surface area contributed by atoms with Crippen molar-refractivity contribution in [3.05, 3.63) is 11.8 Å². The van der Waals surface area contributed by atoms with E-state index in [1.807, 2.05) is 14.1 Å². The number of nitrogens with zero attached hydrogens (tertiary/aromatic N) is 3. The third kappa shape index (κ3) is 3.58. The zero-order valence-corrected chi connectivity index (χ0v) is 14.4. The molecule has 3 rings (SSSR count). The van der Waals surface area contributed by atoms with E-state index in [4.69, 9.17) is 4.74 Å². The molecule has 0 spiro atoms. The molecule has 23 heavy (non-hydrogen) atoms. The van der Waals surface area contributed by atoms with Crippen molar-refractivity contribution in [2.24, 2.45) is 7.05 Å². The smallest absolute Gasteiger partial charge is 0.242 e. The minimum atomic E-state index is -0.131. The number of anilines is 1. The summed E-state index contributed by atoms with van der Waals surface area (Å²) in [5, 5.41) is 7.68. The molecular formula is C17H28N4O2. The highest BCUT2D eigenvalue weighted by Gasteiger charge is 2.35. The zero-order chi connectivity index (χ0) is 16.4. The Bertz CT molecular complexity index is 551. The highest BCUT2D eigenvalue weighted by atomic mass is 16.5. The lowest BCUT2D eigenvalue weighted by Crippen LogP contribution is -2.37. The Labute approximate surface area is 138 Å². The predicted octanol–water partition coefficient (Wildman–Crippen LogP) is 2.13. The van der Waals surface area contributed by atoms with Gasteiger partial charge in [0.2, 0.25) is 5.91 Å². The van der Waals surface area contributed by atoms with Crippen molar-refractivity contribution in [2.75, 3.05) is 26.0 Å². The first-order valence-electron chi connectivity index (χ1n) is 8.66. The van der Waals surface area contributed by atoms with E-state index in [9.17, 15) is 4.79 Å². The number of methoxy groups -OCH3 is 1. The van der Waals surface area contributed by atoms with Crippen molar-refractivity contribution in [1.29, 1.82) is 0 Å². The van der Waals surface area contributed by atoms with E-state index in [-0.39, 0.29) is 18.1 Å². The summed E-state index contributed by atoms with van der Waals surface area (Å²) < 4.78 is 7.18. The molecule has 1 aliphatic heterocycles. The van der Waals surface area contributed by atoms with Crippen LogP contribution in [0.15, 0.2) is 6.07 Å². The number of likely N-dealkylation sites (N-methyl/N-ethyl adjacent to an activating group) is 1. The number of carbonyl (C=O) groups is 1. The van der Waals surface area contributed by atoms with Gasteiger partial charge >= 0.3 is 0 Å². The number of hydrogen-bond acceptors (Lipinski definition) is 4. The number of aromatic nitrogens is 2. The highest BCUT2D eigenvalue weighted by Crippen LogP contribution is 2.33. The van der Waals surface area contributed by atoms with Gasteiger partial charge in [0.15, 0.2) is 0 Å². The molecule has 6 nitrogen and oxygen atoms in total. The van der Waals surface area contributed by atoms with Crippen LogP contribution in [0.1, 0.15) is 50.1 Å². The number of likely N-dealkylation sites (tertiary alicyclic amines) is 1. The molecule has 0 radical (unpaired) electrons. The molecular weight excluding hydrogens is 292 g/mol. The van der Waals surface area contributed by atoms with Crippen LogP contribution in [0.3, 0.4) is 0 Å². The number of ether oxygens (including phenoxy) is 1. The summed E-state index contributed by atoms with van der Waals surface area (Å²) in [5.74, 6) is 1.38. The second kappa shape index (κ2) is 7.01. The number of rotatable bonds is 4. The minimum absolute atomic E-state index is 0.0326. The van der Waals surface area contributed by atoms with E-state index in [1.54, 1.807) is 11.8 Å². The second-order valence-corrected chi connectivity index (χ2v) is 6.95. The number of nitrogens with one attached hydrogen (secondary N) is 1. The van der Waals surface area contributed by atoms with Crippen LogP contribution in [-0.4, -0.2) is 53.4 Å². The zero-order valence-electron chi connectivity index (χ0n) is 14.4. The third-order valence-corrected chi connectivity index (χ3v) is 5.32. The summed E-state index contributed by atoms with van der Waals surface area (Å²) >= 11 is 0. The van der Waals surface area contributed by atoms with Gasteiger partial charge in [-0.3, -0.25) is 14.4 Å². The van der Waals surface area contributed by atoms with Gasteiger partial charge in [0.05, 0.1) is 17.8 Å². The van der Waals surface area contributed by atoms with Crippen LogP contribution in [-0.2, 0) is 16.6 Å². The number of hydrogen-bond donors (Lipinski definition) is 1. The lowest BCUT2D eigenvalue weighted by Gasteiger charge is -2.19. The van der Waals surface area contributed by atoms with Crippen LogP contribution >= 0.6 is 0 Å². The maximum atomic E-state index is 12.6. The first-order chi connectivity index (χ1) is 11.1. The molecule has 2 aliphatic rings. The fourth-order valence-corrected chi connectivity index (χ4v) is 3.84. The van der Waals surface area contributed by atoms with Crippen LogP contribution in [0.4, 0.5) is 5.82 Å². The third-order valence-electron chi connectivity index (χ3n) is 5.32. The minimum Gasteiger partial charge on any atom is -0.380 e. The largest absolute Gasteiger partial charge is 0.380 e. The number of amides is 1. The van der Waals surface area contributed by atoms with Crippen molar-refractivity contribution < 1.29 is 9.53 Å². The van der Waals surface area contributed by atoms with E-state index in [0.717, 1.165) is 24.5 Å². The van der Waals surface area contributed by atoms with Gasteiger partial charge in [-0.1, -0.05) is 19.3 Å². The number of aryl methyl sites for hydroxylation is 1. The predicted molar refractivity (Wildman–Crippen MR) is 89.5 cm³/mol. The van der Waals surface area contributed by atoms with Crippen molar-refractivity contribution >= 4 is 11.7 Å². The molecule has 1 N–H and O–H groups in total. The average molecular weight is 320 g/mol. The summed E-state index contributed by atoms with van der Waals surface area (Å²) in [7, 11) is 5.58. The fourth-order valence-electron chi connectivity index (χ4n) is 3.84. The topological polar surface area (TPSA) is 59.4 Å². The molecule has 6 heteroatoms. The standard InChI is InChI=1S/C17H28N4O2/c1-20-11-13(23-3)9-15(20)17(22)18-16-10-14(19-21(16)2)12-7-5-4-6-8-12/h10,12-13,15H,4-9,11H2,1-3H3,(H,18,22)/t13-,15-/m0/s1. The fraction of sp³-hybridized carbons (Fsp3) is 0.765. The van der Waals surface area contributed by atoms with Crippen LogP contribution in [0, 0.1) is 0 Å². The monoisotopic (exact) mass is 320 g/mol. The van der Waals surface area contributed by atoms with Crippen LogP contribution in [0.5, 0.6) is 0 Å². The quantitative estimate of drug-likeness (QED) is 0.923.